The van der Waals surface area contributed by atoms with Crippen molar-refractivity contribution in [2.75, 3.05) is 11.5 Å². The number of carboxylic acid groups (broad SMARTS) is 1. The second kappa shape index (κ2) is 9.78. The Morgan fingerprint density at radius 2 is 2.17 bits per heavy atom. The second-order valence-electron chi connectivity index (χ2n) is 8.46. The van der Waals surface area contributed by atoms with Gasteiger partial charge in [0.1, 0.15) is 35.5 Å². The first-order chi connectivity index (χ1) is 17.3. The van der Waals surface area contributed by atoms with Crippen LogP contribution in [-0.4, -0.2) is 66.4 Å². The number of nitrogens with zero attached hydrogens (tertiary/aromatic N) is 5. The number of β-lactam (4-membered cyclic amide) rings is 1. The largest absolute Gasteiger partial charge is 0.477 e. The van der Waals surface area contributed by atoms with Crippen molar-refractivity contribution in [2.45, 2.75) is 36.9 Å². The van der Waals surface area contributed by atoms with Crippen molar-refractivity contribution in [3.63, 3.8) is 0 Å². The highest BCUT2D eigenvalue weighted by atomic mass is 32.2. The summed E-state index contributed by atoms with van der Waals surface area (Å²) in [6, 6.07) is 0.942. The van der Waals surface area contributed by atoms with Gasteiger partial charge in [0.2, 0.25) is 0 Å². The van der Waals surface area contributed by atoms with Crippen molar-refractivity contribution in [1.82, 2.24) is 19.9 Å². The Labute approximate surface area is 214 Å². The third-order valence-electron chi connectivity index (χ3n) is 6.09. The van der Waals surface area contributed by atoms with Gasteiger partial charge in [0, 0.05) is 30.0 Å². The summed E-state index contributed by atoms with van der Waals surface area (Å²) in [6.45, 7) is 0.334. The molecule has 12 nitrogen and oxygen atoms in total. The minimum atomic E-state index is -1.18. The molecule has 0 spiro atoms. The van der Waals surface area contributed by atoms with Crippen LogP contribution in [0.1, 0.15) is 18.5 Å². The van der Waals surface area contributed by atoms with Gasteiger partial charge in [0.05, 0.1) is 6.20 Å². The van der Waals surface area contributed by atoms with E-state index in [0.717, 1.165) is 11.3 Å². The highest BCUT2D eigenvalue weighted by Gasteiger charge is 2.54. The lowest BCUT2D eigenvalue weighted by Gasteiger charge is -2.49. The third kappa shape index (κ3) is 4.48. The van der Waals surface area contributed by atoms with Gasteiger partial charge in [-0.2, -0.15) is 4.68 Å². The summed E-state index contributed by atoms with van der Waals surface area (Å²) in [6.07, 6.45) is 8.81. The molecule has 0 unspecified atom stereocenters. The Morgan fingerprint density at radius 3 is 2.81 bits per heavy atom. The monoisotopic (exact) mass is 530 g/mol. The van der Waals surface area contributed by atoms with E-state index in [0.29, 0.717) is 30.7 Å². The fraction of sp³-hybridized carbons (Fsp3) is 0.364. The summed E-state index contributed by atoms with van der Waals surface area (Å²) >= 11 is 2.56. The Balaban J connectivity index is 1.34. The predicted molar refractivity (Wildman–Crippen MR) is 132 cm³/mol. The topological polar surface area (TPSA) is 156 Å². The molecule has 2 aromatic rings. The quantitative estimate of drug-likeness (QED) is 0.144. The van der Waals surface area contributed by atoms with E-state index in [9.17, 15) is 19.5 Å². The smallest absolute Gasteiger partial charge is 0.352 e. The van der Waals surface area contributed by atoms with Gasteiger partial charge in [-0.15, -0.1) is 27.8 Å². The zero-order chi connectivity index (χ0) is 25.4. The molecule has 2 aliphatic heterocycles. The van der Waals surface area contributed by atoms with Crippen molar-refractivity contribution < 1.29 is 29.0 Å². The number of hydrogen-bond acceptors (Lipinski definition) is 9. The molecule has 188 valence electrons. The number of anilines is 1. The molecule has 0 saturated carbocycles. The number of aryl methyl sites for hydroxylation is 1. The molecule has 5 rings (SSSR count). The van der Waals surface area contributed by atoms with Crippen LogP contribution in [0.15, 0.2) is 52.4 Å². The van der Waals surface area contributed by atoms with Crippen LogP contribution in [0.5, 0.6) is 0 Å². The third-order valence-corrected chi connectivity index (χ3v) is 8.11. The molecule has 0 radical (unpaired) electrons. The number of thiazole rings is 1. The first-order valence-electron chi connectivity index (χ1n) is 11.2. The van der Waals surface area contributed by atoms with Crippen LogP contribution in [0.3, 0.4) is 0 Å². The number of carbonyl (C=O) groups excluding carboxylic acids is 2. The van der Waals surface area contributed by atoms with Gasteiger partial charge in [-0.1, -0.05) is 17.3 Å². The number of nitrogens with one attached hydrogen (secondary N) is 1. The first kappa shape index (κ1) is 24.1. The van der Waals surface area contributed by atoms with Gasteiger partial charge in [-0.05, 0) is 5.57 Å². The number of nitrogens with two attached hydrogens (primary N) is 1. The number of aliphatic carboxylic acids is 1. The van der Waals surface area contributed by atoms with Crippen LogP contribution in [0.25, 0.3) is 0 Å². The molecule has 36 heavy (non-hydrogen) atoms. The van der Waals surface area contributed by atoms with Gasteiger partial charge in [0.25, 0.3) is 11.8 Å². The maximum atomic E-state index is 13.2. The zero-order valence-electron chi connectivity index (χ0n) is 19.2. The molecule has 1 fully saturated rings. The molecular formula is C22H24N7O5S2+. The number of hydrogen-bond donors (Lipinski definition) is 3. The molecule has 1 aliphatic carbocycles. The van der Waals surface area contributed by atoms with E-state index in [1.54, 1.807) is 5.38 Å². The van der Waals surface area contributed by atoms with Gasteiger partial charge < -0.3 is 21.0 Å². The molecule has 2 aromatic heterocycles. The Hall–Kier alpha value is -3.65. The molecule has 0 aromatic carbocycles. The Bertz CT molecular complexity index is 1310. The first-order valence-corrected chi connectivity index (χ1v) is 13.1. The Kier molecular flexibility index (Phi) is 6.53. The summed E-state index contributed by atoms with van der Waals surface area (Å²) < 4.78 is 3.69. The maximum absolute atomic E-state index is 13.2. The van der Waals surface area contributed by atoms with Crippen LogP contribution < -0.4 is 15.7 Å². The molecule has 14 heteroatoms. The van der Waals surface area contributed by atoms with E-state index >= 15 is 0 Å². The summed E-state index contributed by atoms with van der Waals surface area (Å²) in [5.41, 5.74) is 6.47. The number of carboxylic acids is 1. The lowest BCUT2D eigenvalue weighted by atomic mass is 10.0. The van der Waals surface area contributed by atoms with Crippen LogP contribution in [0.4, 0.5) is 5.13 Å². The standard InChI is InChI=1S/C22H23N7O5S2/c1-27-7-4-8-28(27)9-12-10-35-20-16(19(31)29(20)17(12)21(32)33)25-18(30)15(14-11-36-22(23)24-14)26-34-13-5-2-3-6-13/h2-4,7-8,11,13,16,20H,5-6,9-10H2,1H3,(H3-,23,24,25,30,32,33)/p+1/t16-,20-/m1/s1. The van der Waals surface area contributed by atoms with Crippen molar-refractivity contribution >= 4 is 51.7 Å². The highest BCUT2D eigenvalue weighted by Crippen LogP contribution is 2.40. The van der Waals surface area contributed by atoms with Crippen LogP contribution >= 0.6 is 23.1 Å². The number of rotatable bonds is 8. The van der Waals surface area contributed by atoms with Crippen LogP contribution in [0.2, 0.25) is 0 Å². The fourth-order valence-electron chi connectivity index (χ4n) is 4.23. The van der Waals surface area contributed by atoms with Gasteiger partial charge in [-0.3, -0.25) is 14.5 Å². The van der Waals surface area contributed by atoms with Gasteiger partial charge in [-0.25, -0.2) is 9.78 Å². The zero-order valence-corrected chi connectivity index (χ0v) is 20.9. The molecule has 3 aliphatic rings. The van der Waals surface area contributed by atoms with E-state index < -0.39 is 29.2 Å². The molecule has 0 bridgehead atoms. The van der Waals surface area contributed by atoms with Crippen LogP contribution in [-0.2, 0) is 32.8 Å². The average molecular weight is 531 g/mol. The minimum absolute atomic E-state index is 0.0406. The van der Waals surface area contributed by atoms with E-state index in [4.69, 9.17) is 10.6 Å². The van der Waals surface area contributed by atoms with E-state index in [-0.39, 0.29) is 28.3 Å². The lowest BCUT2D eigenvalue weighted by molar-refractivity contribution is -0.752. The van der Waals surface area contributed by atoms with Crippen molar-refractivity contribution in [3.05, 3.63) is 53.0 Å². The number of aromatic nitrogens is 3. The SMILES string of the molecule is C[n+]1cccn1CC1=C(C(=O)O)N2C(=O)[C@@H](NC(=O)C(=NOC3CC=CC3)c3csc(N)n3)[C@H]2SC1. The minimum Gasteiger partial charge on any atom is -0.477 e. The van der Waals surface area contributed by atoms with Crippen LogP contribution in [0, 0.1) is 0 Å². The summed E-state index contributed by atoms with van der Waals surface area (Å²) in [5.74, 6) is -1.91. The number of amides is 2. The fourth-order valence-corrected chi connectivity index (χ4v) is 6.12. The average Bonchev–Trinajstić information content (AvgIpc) is 3.61. The predicted octanol–water partition coefficient (Wildman–Crippen LogP) is 0.229. The molecule has 1 saturated heterocycles. The summed E-state index contributed by atoms with van der Waals surface area (Å²) in [4.78, 5) is 49.3. The van der Waals surface area contributed by atoms with E-state index in [2.05, 4.69) is 15.5 Å². The van der Waals surface area contributed by atoms with Gasteiger partial charge in [0.15, 0.2) is 24.1 Å². The maximum Gasteiger partial charge on any atom is 0.352 e. The highest BCUT2D eigenvalue weighted by molar-refractivity contribution is 8.00. The lowest BCUT2D eigenvalue weighted by Crippen LogP contribution is -2.71. The number of nitrogen functional groups attached to an aromatic ring is 1. The van der Waals surface area contributed by atoms with E-state index in [1.807, 2.05) is 47.0 Å². The summed E-state index contributed by atoms with van der Waals surface area (Å²) in [7, 11) is 1.85. The van der Waals surface area contributed by atoms with Crippen molar-refractivity contribution in [3.8, 4) is 0 Å². The number of thioether (sulfide) groups is 1. The molecule has 2 amide bonds. The molecule has 4 heterocycles. The molecule has 4 N–H and O–H groups in total. The number of carbonyl (C=O) groups is 3. The molecule has 2 atom stereocenters. The number of fused-ring (bicyclic) bond motifs is 1. The second-order valence-corrected chi connectivity index (χ2v) is 10.5. The van der Waals surface area contributed by atoms with Crippen molar-refractivity contribution in [2.24, 2.45) is 12.2 Å². The molecular weight excluding hydrogens is 506 g/mol. The number of oxime groups is 1. The summed E-state index contributed by atoms with van der Waals surface area (Å²) in [5, 5.41) is 18.0. The van der Waals surface area contributed by atoms with E-state index in [1.165, 1.54) is 16.7 Å². The van der Waals surface area contributed by atoms with Crippen molar-refractivity contribution in [1.29, 1.82) is 0 Å². The van der Waals surface area contributed by atoms with Gasteiger partial charge >= 0.3 is 5.97 Å². The Morgan fingerprint density at radius 1 is 1.39 bits per heavy atom. The normalized spacial score (nSPS) is 22.0.